The number of hydrogen-bond acceptors (Lipinski definition) is 7. The molecule has 2 aromatic rings. The number of methoxy groups -OCH3 is 1. The number of hydrogen-bond donors (Lipinski definition) is 1. The summed E-state index contributed by atoms with van der Waals surface area (Å²) in [6.07, 6.45) is -3.87. The zero-order valence-corrected chi connectivity index (χ0v) is 20.5. The first-order chi connectivity index (χ1) is 17.6. The van der Waals surface area contributed by atoms with Crippen molar-refractivity contribution in [2.75, 3.05) is 63.1 Å². The van der Waals surface area contributed by atoms with Crippen molar-refractivity contribution in [2.45, 2.75) is 25.1 Å². The molecule has 2 aromatic carbocycles. The van der Waals surface area contributed by atoms with E-state index in [1.54, 1.807) is 12.0 Å². The monoisotopic (exact) mass is 521 g/mol. The van der Waals surface area contributed by atoms with E-state index in [9.17, 15) is 28.1 Å². The number of nitro groups is 1. The standard InChI is InChI=1S/C25H30F3N5O4/c1-37-21-5-3-20(4-6-21)31-14-12-30(13-15-31)10-9-24(34)32-11-8-19(17-32)29-18-2-7-23(33(35)36)22(16-18)25(26,27)28/h2-7,16,19,29H,8-15,17H2,1H3. The molecule has 2 aliphatic rings. The van der Waals surface area contributed by atoms with Gasteiger partial charge in [-0.05, 0) is 42.8 Å². The first kappa shape index (κ1) is 26.5. The molecule has 2 heterocycles. The second-order valence-electron chi connectivity index (χ2n) is 9.23. The average Bonchev–Trinajstić information content (AvgIpc) is 3.35. The highest BCUT2D eigenvalue weighted by molar-refractivity contribution is 5.77. The summed E-state index contributed by atoms with van der Waals surface area (Å²) in [6, 6.07) is 10.6. The number of rotatable bonds is 8. The van der Waals surface area contributed by atoms with Crippen LogP contribution in [0.15, 0.2) is 42.5 Å². The number of anilines is 2. The number of carbonyl (C=O) groups excluding carboxylic acids is 1. The lowest BCUT2D eigenvalue weighted by Gasteiger charge is -2.36. The Morgan fingerprint density at radius 3 is 2.43 bits per heavy atom. The van der Waals surface area contributed by atoms with Gasteiger partial charge in [0.25, 0.3) is 5.69 Å². The van der Waals surface area contributed by atoms with Crippen molar-refractivity contribution < 1.29 is 27.6 Å². The van der Waals surface area contributed by atoms with Gasteiger partial charge in [-0.15, -0.1) is 0 Å². The Morgan fingerprint density at radius 1 is 1.11 bits per heavy atom. The average molecular weight is 522 g/mol. The van der Waals surface area contributed by atoms with E-state index >= 15 is 0 Å². The molecule has 1 unspecified atom stereocenters. The molecule has 37 heavy (non-hydrogen) atoms. The summed E-state index contributed by atoms with van der Waals surface area (Å²) in [6.45, 7) is 4.98. The summed E-state index contributed by atoms with van der Waals surface area (Å²) in [7, 11) is 1.64. The fourth-order valence-electron chi connectivity index (χ4n) is 4.79. The molecule has 12 heteroatoms. The quantitative estimate of drug-likeness (QED) is 0.417. The first-order valence-corrected chi connectivity index (χ1v) is 12.2. The van der Waals surface area contributed by atoms with E-state index in [1.165, 1.54) is 6.07 Å². The van der Waals surface area contributed by atoms with E-state index in [1.807, 2.05) is 24.3 Å². The SMILES string of the molecule is COc1ccc(N2CCN(CCC(=O)N3CCC(Nc4ccc([N+](=O)[O-])c(C(F)(F)F)c4)C3)CC2)cc1. The molecule has 0 aromatic heterocycles. The molecule has 200 valence electrons. The number of nitrogens with zero attached hydrogens (tertiary/aromatic N) is 4. The molecule has 0 radical (unpaired) electrons. The Labute approximate surface area is 212 Å². The maximum absolute atomic E-state index is 13.2. The van der Waals surface area contributed by atoms with Crippen LogP contribution in [0, 0.1) is 10.1 Å². The van der Waals surface area contributed by atoms with Gasteiger partial charge in [0, 0.05) is 75.7 Å². The molecule has 1 atom stereocenters. The summed E-state index contributed by atoms with van der Waals surface area (Å²) in [5.41, 5.74) is -0.985. The smallest absolute Gasteiger partial charge is 0.423 e. The van der Waals surface area contributed by atoms with Crippen LogP contribution in [-0.2, 0) is 11.0 Å². The molecule has 1 N–H and O–H groups in total. The number of nitrogens with one attached hydrogen (secondary N) is 1. The van der Waals surface area contributed by atoms with Gasteiger partial charge in [-0.2, -0.15) is 13.2 Å². The Kier molecular flexibility index (Phi) is 8.06. The number of halogens is 3. The molecule has 4 rings (SSSR count). The lowest BCUT2D eigenvalue weighted by atomic mass is 10.1. The molecule has 0 bridgehead atoms. The van der Waals surface area contributed by atoms with E-state index in [0.29, 0.717) is 32.5 Å². The summed E-state index contributed by atoms with van der Waals surface area (Å²) in [5.74, 6) is 0.834. The van der Waals surface area contributed by atoms with Crippen molar-refractivity contribution in [1.82, 2.24) is 9.80 Å². The third kappa shape index (κ3) is 6.62. The topological polar surface area (TPSA) is 91.2 Å². The van der Waals surface area contributed by atoms with Gasteiger partial charge in [0.2, 0.25) is 5.91 Å². The number of ether oxygens (including phenoxy) is 1. The predicted molar refractivity (Wildman–Crippen MR) is 133 cm³/mol. The number of amides is 1. The number of carbonyl (C=O) groups is 1. The number of nitro benzene ring substituents is 1. The van der Waals surface area contributed by atoms with Crippen LogP contribution in [0.1, 0.15) is 18.4 Å². The van der Waals surface area contributed by atoms with Gasteiger partial charge in [-0.3, -0.25) is 19.8 Å². The predicted octanol–water partition coefficient (Wildman–Crippen LogP) is 3.85. The van der Waals surface area contributed by atoms with Crippen LogP contribution < -0.4 is 15.0 Å². The van der Waals surface area contributed by atoms with Crippen LogP contribution in [0.25, 0.3) is 0 Å². The summed E-state index contributed by atoms with van der Waals surface area (Å²) >= 11 is 0. The Balaban J connectivity index is 1.23. The Bertz CT molecular complexity index is 1100. The molecular formula is C25H30F3N5O4. The zero-order valence-electron chi connectivity index (χ0n) is 20.5. The minimum Gasteiger partial charge on any atom is -0.497 e. The molecule has 2 saturated heterocycles. The van der Waals surface area contributed by atoms with Crippen LogP contribution in [0.2, 0.25) is 0 Å². The van der Waals surface area contributed by atoms with Crippen LogP contribution in [-0.4, -0.2) is 79.6 Å². The highest BCUT2D eigenvalue weighted by atomic mass is 19.4. The van der Waals surface area contributed by atoms with Gasteiger partial charge < -0.3 is 19.9 Å². The second kappa shape index (κ2) is 11.2. The van der Waals surface area contributed by atoms with E-state index in [0.717, 1.165) is 49.7 Å². The molecule has 2 aliphatic heterocycles. The van der Waals surface area contributed by atoms with Gasteiger partial charge in [0.15, 0.2) is 0 Å². The molecule has 2 fully saturated rings. The van der Waals surface area contributed by atoms with E-state index in [-0.39, 0.29) is 17.6 Å². The summed E-state index contributed by atoms with van der Waals surface area (Å²) in [5, 5.41) is 13.9. The minimum atomic E-state index is -4.84. The third-order valence-electron chi connectivity index (χ3n) is 6.86. The van der Waals surface area contributed by atoms with E-state index in [2.05, 4.69) is 15.1 Å². The zero-order chi connectivity index (χ0) is 26.6. The normalized spacial score (nSPS) is 18.6. The highest BCUT2D eigenvalue weighted by Crippen LogP contribution is 2.37. The number of alkyl halides is 3. The van der Waals surface area contributed by atoms with Crippen molar-refractivity contribution in [2.24, 2.45) is 0 Å². The fourth-order valence-corrected chi connectivity index (χ4v) is 4.79. The van der Waals surface area contributed by atoms with Crippen molar-refractivity contribution in [1.29, 1.82) is 0 Å². The van der Waals surface area contributed by atoms with Crippen LogP contribution >= 0.6 is 0 Å². The van der Waals surface area contributed by atoms with Gasteiger partial charge in [-0.25, -0.2) is 0 Å². The van der Waals surface area contributed by atoms with Crippen molar-refractivity contribution in [3.8, 4) is 5.75 Å². The fraction of sp³-hybridized carbons (Fsp3) is 0.480. The van der Waals surface area contributed by atoms with Gasteiger partial charge in [-0.1, -0.05) is 0 Å². The molecule has 0 spiro atoms. The first-order valence-electron chi connectivity index (χ1n) is 12.2. The summed E-state index contributed by atoms with van der Waals surface area (Å²) < 4.78 is 44.9. The maximum atomic E-state index is 13.2. The largest absolute Gasteiger partial charge is 0.497 e. The van der Waals surface area contributed by atoms with Gasteiger partial charge in [0.05, 0.1) is 12.0 Å². The third-order valence-corrected chi connectivity index (χ3v) is 6.86. The number of likely N-dealkylation sites (tertiary alicyclic amines) is 1. The van der Waals surface area contributed by atoms with Crippen LogP contribution in [0.5, 0.6) is 5.75 Å². The number of benzene rings is 2. The van der Waals surface area contributed by atoms with E-state index < -0.39 is 22.4 Å². The Hall–Kier alpha value is -3.54. The van der Waals surface area contributed by atoms with E-state index in [4.69, 9.17) is 4.74 Å². The lowest BCUT2D eigenvalue weighted by Crippen LogP contribution is -2.47. The van der Waals surface area contributed by atoms with Crippen LogP contribution in [0.4, 0.5) is 30.2 Å². The maximum Gasteiger partial charge on any atom is 0.423 e. The molecule has 0 aliphatic carbocycles. The lowest BCUT2D eigenvalue weighted by molar-refractivity contribution is -0.388. The van der Waals surface area contributed by atoms with Crippen LogP contribution in [0.3, 0.4) is 0 Å². The summed E-state index contributed by atoms with van der Waals surface area (Å²) in [4.78, 5) is 29.0. The molecule has 9 nitrogen and oxygen atoms in total. The van der Waals surface area contributed by atoms with Gasteiger partial charge >= 0.3 is 6.18 Å². The van der Waals surface area contributed by atoms with Gasteiger partial charge in [0.1, 0.15) is 11.3 Å². The Morgan fingerprint density at radius 2 is 1.81 bits per heavy atom. The number of piperazine rings is 1. The van der Waals surface area contributed by atoms with Crippen molar-refractivity contribution >= 4 is 23.0 Å². The van der Waals surface area contributed by atoms with Crippen molar-refractivity contribution in [3.05, 3.63) is 58.1 Å². The highest BCUT2D eigenvalue weighted by Gasteiger charge is 2.38. The molecule has 1 amide bonds. The minimum absolute atomic E-state index is 0.0153. The molecular weight excluding hydrogens is 491 g/mol. The van der Waals surface area contributed by atoms with Crippen molar-refractivity contribution in [3.63, 3.8) is 0 Å². The molecule has 0 saturated carbocycles. The second-order valence-corrected chi connectivity index (χ2v) is 9.23.